The van der Waals surface area contributed by atoms with Gasteiger partial charge in [-0.05, 0) is 24.5 Å². The van der Waals surface area contributed by atoms with E-state index in [0.29, 0.717) is 17.8 Å². The molecule has 1 aromatic heterocycles. The Kier molecular flexibility index (Phi) is 3.54. The molecule has 1 aliphatic heterocycles. The summed E-state index contributed by atoms with van der Waals surface area (Å²) in [6, 6.07) is 4.34. The standard InChI is InChI=1S/C12H17ClN2O/c1-9-5-6-15(11(9)7-13)12-4-3-10(16-2)8-14-12/h3-4,8-9,11H,5-7H2,1-2H3. The number of aromatic nitrogens is 1. The lowest BCUT2D eigenvalue weighted by Gasteiger charge is -2.26. The van der Waals surface area contributed by atoms with Crippen molar-refractivity contribution in [2.75, 3.05) is 24.4 Å². The van der Waals surface area contributed by atoms with Crippen molar-refractivity contribution in [3.63, 3.8) is 0 Å². The van der Waals surface area contributed by atoms with Gasteiger partial charge < -0.3 is 9.64 Å². The van der Waals surface area contributed by atoms with Gasteiger partial charge in [-0.15, -0.1) is 11.6 Å². The van der Waals surface area contributed by atoms with Gasteiger partial charge >= 0.3 is 0 Å². The molecule has 1 aromatic rings. The molecule has 88 valence electrons. The molecule has 2 unspecified atom stereocenters. The minimum atomic E-state index is 0.405. The third-order valence-corrected chi connectivity index (χ3v) is 3.61. The number of hydrogen-bond acceptors (Lipinski definition) is 3. The minimum absolute atomic E-state index is 0.405. The Morgan fingerprint density at radius 3 is 2.94 bits per heavy atom. The summed E-state index contributed by atoms with van der Waals surface area (Å²) >= 11 is 6.01. The van der Waals surface area contributed by atoms with Gasteiger partial charge in [0.05, 0.1) is 13.3 Å². The lowest BCUT2D eigenvalue weighted by atomic mass is 10.1. The van der Waals surface area contributed by atoms with Crippen molar-refractivity contribution in [2.45, 2.75) is 19.4 Å². The minimum Gasteiger partial charge on any atom is -0.495 e. The second-order valence-electron chi connectivity index (χ2n) is 4.24. The molecule has 0 radical (unpaired) electrons. The molecule has 2 heterocycles. The van der Waals surface area contributed by atoms with Gasteiger partial charge in [0.25, 0.3) is 0 Å². The van der Waals surface area contributed by atoms with Crippen molar-refractivity contribution in [2.24, 2.45) is 5.92 Å². The summed E-state index contributed by atoms with van der Waals surface area (Å²) in [5, 5.41) is 0. The highest BCUT2D eigenvalue weighted by Crippen LogP contribution is 2.29. The molecule has 1 saturated heterocycles. The maximum Gasteiger partial charge on any atom is 0.137 e. The summed E-state index contributed by atoms with van der Waals surface area (Å²) in [6.45, 7) is 3.29. The zero-order valence-corrected chi connectivity index (χ0v) is 10.4. The van der Waals surface area contributed by atoms with Crippen LogP contribution in [0.1, 0.15) is 13.3 Å². The first-order chi connectivity index (χ1) is 7.76. The number of halogens is 1. The van der Waals surface area contributed by atoms with E-state index in [1.54, 1.807) is 13.3 Å². The highest BCUT2D eigenvalue weighted by Gasteiger charge is 2.31. The molecule has 0 amide bonds. The van der Waals surface area contributed by atoms with E-state index < -0.39 is 0 Å². The van der Waals surface area contributed by atoms with Gasteiger partial charge in [-0.3, -0.25) is 0 Å². The van der Waals surface area contributed by atoms with Crippen LogP contribution >= 0.6 is 11.6 Å². The van der Waals surface area contributed by atoms with E-state index >= 15 is 0 Å². The first kappa shape index (κ1) is 11.5. The summed E-state index contributed by atoms with van der Waals surface area (Å²) < 4.78 is 5.10. The number of anilines is 1. The first-order valence-electron chi connectivity index (χ1n) is 5.59. The third kappa shape index (κ3) is 2.09. The number of rotatable bonds is 3. The maximum atomic E-state index is 6.01. The summed E-state index contributed by atoms with van der Waals surface area (Å²) in [4.78, 5) is 6.70. The number of methoxy groups -OCH3 is 1. The predicted molar refractivity (Wildman–Crippen MR) is 66.4 cm³/mol. The van der Waals surface area contributed by atoms with Gasteiger partial charge in [-0.2, -0.15) is 0 Å². The van der Waals surface area contributed by atoms with Crippen molar-refractivity contribution >= 4 is 17.4 Å². The molecule has 0 N–H and O–H groups in total. The molecular weight excluding hydrogens is 224 g/mol. The molecule has 1 fully saturated rings. The quantitative estimate of drug-likeness (QED) is 0.760. The largest absolute Gasteiger partial charge is 0.495 e. The molecule has 0 aliphatic carbocycles. The van der Waals surface area contributed by atoms with E-state index in [-0.39, 0.29) is 0 Å². The van der Waals surface area contributed by atoms with Gasteiger partial charge in [0, 0.05) is 18.5 Å². The Morgan fingerprint density at radius 2 is 2.38 bits per heavy atom. The smallest absolute Gasteiger partial charge is 0.137 e. The number of nitrogens with zero attached hydrogens (tertiary/aromatic N) is 2. The van der Waals surface area contributed by atoms with Gasteiger partial charge in [0.15, 0.2) is 0 Å². The maximum absolute atomic E-state index is 6.01. The van der Waals surface area contributed by atoms with Crippen LogP contribution in [0.5, 0.6) is 5.75 Å². The Balaban J connectivity index is 2.17. The fourth-order valence-electron chi connectivity index (χ4n) is 2.19. The van der Waals surface area contributed by atoms with E-state index in [4.69, 9.17) is 16.3 Å². The Morgan fingerprint density at radius 1 is 1.56 bits per heavy atom. The van der Waals surface area contributed by atoms with Crippen LogP contribution in [0.4, 0.5) is 5.82 Å². The second-order valence-corrected chi connectivity index (χ2v) is 4.55. The average molecular weight is 241 g/mol. The lowest BCUT2D eigenvalue weighted by Crippen LogP contribution is -2.34. The van der Waals surface area contributed by atoms with Crippen LogP contribution in [0.25, 0.3) is 0 Å². The van der Waals surface area contributed by atoms with Gasteiger partial charge in [-0.25, -0.2) is 4.98 Å². The predicted octanol–water partition coefficient (Wildman–Crippen LogP) is 2.54. The monoisotopic (exact) mass is 240 g/mol. The van der Waals surface area contributed by atoms with Crippen LogP contribution in [0.15, 0.2) is 18.3 Å². The zero-order chi connectivity index (χ0) is 11.5. The number of ether oxygens (including phenoxy) is 1. The van der Waals surface area contributed by atoms with Crippen LogP contribution in [0, 0.1) is 5.92 Å². The summed E-state index contributed by atoms with van der Waals surface area (Å²) in [5.74, 6) is 3.09. The van der Waals surface area contributed by atoms with Gasteiger partial charge in [0.1, 0.15) is 11.6 Å². The van der Waals surface area contributed by atoms with Crippen molar-refractivity contribution in [3.8, 4) is 5.75 Å². The third-order valence-electron chi connectivity index (χ3n) is 3.29. The number of hydrogen-bond donors (Lipinski definition) is 0. The summed E-state index contributed by atoms with van der Waals surface area (Å²) in [5.41, 5.74) is 0. The molecular formula is C12H17ClN2O. The van der Waals surface area contributed by atoms with Crippen molar-refractivity contribution in [1.29, 1.82) is 0 Å². The number of pyridine rings is 1. The van der Waals surface area contributed by atoms with Crippen molar-refractivity contribution < 1.29 is 4.74 Å². The highest BCUT2D eigenvalue weighted by atomic mass is 35.5. The zero-order valence-electron chi connectivity index (χ0n) is 9.69. The fourth-order valence-corrected chi connectivity index (χ4v) is 2.66. The molecule has 1 aliphatic rings. The Labute approximate surface area is 101 Å². The van der Waals surface area contributed by atoms with Crippen LogP contribution in [0.3, 0.4) is 0 Å². The van der Waals surface area contributed by atoms with Crippen LogP contribution < -0.4 is 9.64 Å². The van der Waals surface area contributed by atoms with E-state index in [9.17, 15) is 0 Å². The molecule has 16 heavy (non-hydrogen) atoms. The van der Waals surface area contributed by atoms with Gasteiger partial charge in [0.2, 0.25) is 0 Å². The second kappa shape index (κ2) is 4.91. The van der Waals surface area contributed by atoms with E-state index in [2.05, 4.69) is 16.8 Å². The summed E-state index contributed by atoms with van der Waals surface area (Å²) in [7, 11) is 1.65. The fraction of sp³-hybridized carbons (Fsp3) is 0.583. The molecule has 0 aromatic carbocycles. The molecule has 0 spiro atoms. The van der Waals surface area contributed by atoms with Crippen LogP contribution in [-0.4, -0.2) is 30.6 Å². The normalized spacial score (nSPS) is 24.8. The Hall–Kier alpha value is -0.960. The molecule has 4 heteroatoms. The molecule has 0 bridgehead atoms. The first-order valence-corrected chi connectivity index (χ1v) is 6.12. The molecule has 3 nitrogen and oxygen atoms in total. The van der Waals surface area contributed by atoms with E-state index in [0.717, 1.165) is 18.1 Å². The highest BCUT2D eigenvalue weighted by molar-refractivity contribution is 6.18. The van der Waals surface area contributed by atoms with Crippen molar-refractivity contribution in [1.82, 2.24) is 4.98 Å². The van der Waals surface area contributed by atoms with E-state index in [1.165, 1.54) is 6.42 Å². The molecule has 2 atom stereocenters. The molecule has 0 saturated carbocycles. The SMILES string of the molecule is COc1ccc(N2CCC(C)C2CCl)nc1. The molecule has 2 rings (SSSR count). The van der Waals surface area contributed by atoms with Crippen molar-refractivity contribution in [3.05, 3.63) is 18.3 Å². The topological polar surface area (TPSA) is 25.4 Å². The number of alkyl halides is 1. The van der Waals surface area contributed by atoms with Gasteiger partial charge in [-0.1, -0.05) is 6.92 Å². The van der Waals surface area contributed by atoms with E-state index in [1.807, 2.05) is 12.1 Å². The Bertz CT molecular complexity index is 341. The van der Waals surface area contributed by atoms with Crippen LogP contribution in [0.2, 0.25) is 0 Å². The average Bonchev–Trinajstić information content (AvgIpc) is 2.70. The summed E-state index contributed by atoms with van der Waals surface area (Å²) in [6.07, 6.45) is 2.94. The van der Waals surface area contributed by atoms with Crippen LogP contribution in [-0.2, 0) is 0 Å². The lowest BCUT2D eigenvalue weighted by molar-refractivity contribution is 0.413.